The van der Waals surface area contributed by atoms with Gasteiger partial charge in [-0.2, -0.15) is 0 Å². The molecule has 3 rings (SSSR count). The third-order valence-electron chi connectivity index (χ3n) is 5.08. The summed E-state index contributed by atoms with van der Waals surface area (Å²) in [6.45, 7) is 4.49. The van der Waals surface area contributed by atoms with E-state index in [1.807, 2.05) is 36.1 Å². The van der Waals surface area contributed by atoms with E-state index >= 15 is 0 Å². The molecule has 0 radical (unpaired) electrons. The van der Waals surface area contributed by atoms with Gasteiger partial charge in [0.25, 0.3) is 0 Å². The van der Waals surface area contributed by atoms with Crippen LogP contribution in [0.3, 0.4) is 0 Å². The standard InChI is InChI=1S/C21H24N2O4S/c1-4-11-23(16-10-12-28(25,26)14-16)13-19-20(21(24)27-5-2)15(3)17-8-6-7-9-18(17)22-19/h1,6-9,16H,5,10-14H2,2-3H3. The maximum Gasteiger partial charge on any atom is 0.340 e. The van der Waals surface area contributed by atoms with E-state index in [4.69, 9.17) is 16.1 Å². The minimum atomic E-state index is -3.05. The normalized spacial score (nSPS) is 18.3. The molecule has 1 atom stereocenters. The number of hydrogen-bond donors (Lipinski definition) is 0. The van der Waals surface area contributed by atoms with Crippen LogP contribution in [0.4, 0.5) is 0 Å². The molecule has 1 fully saturated rings. The van der Waals surface area contributed by atoms with Crippen LogP contribution in [-0.4, -0.2) is 55.0 Å². The van der Waals surface area contributed by atoms with Gasteiger partial charge in [-0.05, 0) is 31.9 Å². The second kappa shape index (κ2) is 8.29. The SMILES string of the molecule is C#CCN(Cc1nc2ccccc2c(C)c1C(=O)OCC)C1CCS(=O)(=O)C1. The van der Waals surface area contributed by atoms with E-state index in [9.17, 15) is 13.2 Å². The van der Waals surface area contributed by atoms with E-state index < -0.39 is 15.8 Å². The van der Waals surface area contributed by atoms with Gasteiger partial charge in [0.05, 0.1) is 41.4 Å². The molecule has 1 aromatic carbocycles. The number of para-hydroxylation sites is 1. The number of aryl methyl sites for hydroxylation is 1. The number of sulfone groups is 1. The Morgan fingerprint density at radius 3 is 2.79 bits per heavy atom. The molecule has 1 aromatic heterocycles. The summed E-state index contributed by atoms with van der Waals surface area (Å²) in [5.74, 6) is 2.42. The van der Waals surface area contributed by atoms with Crippen molar-refractivity contribution in [2.24, 2.45) is 0 Å². The number of pyridine rings is 1. The van der Waals surface area contributed by atoms with Gasteiger partial charge in [-0.25, -0.2) is 13.2 Å². The highest BCUT2D eigenvalue weighted by Crippen LogP contribution is 2.26. The number of carbonyl (C=O) groups excluding carboxylic acids is 1. The van der Waals surface area contributed by atoms with E-state index in [1.165, 1.54) is 0 Å². The summed E-state index contributed by atoms with van der Waals surface area (Å²) in [5, 5.41) is 0.890. The summed E-state index contributed by atoms with van der Waals surface area (Å²) in [7, 11) is -3.05. The van der Waals surface area contributed by atoms with Crippen LogP contribution in [-0.2, 0) is 21.1 Å². The van der Waals surface area contributed by atoms with Gasteiger partial charge in [0.2, 0.25) is 0 Å². The summed E-state index contributed by atoms with van der Waals surface area (Å²) in [6.07, 6.45) is 6.06. The minimum absolute atomic E-state index is 0.0793. The Balaban J connectivity index is 2.05. The first-order valence-corrected chi connectivity index (χ1v) is 11.1. The van der Waals surface area contributed by atoms with E-state index in [1.54, 1.807) is 6.92 Å². The molecule has 6 nitrogen and oxygen atoms in total. The van der Waals surface area contributed by atoms with E-state index in [0.29, 0.717) is 24.2 Å². The summed E-state index contributed by atoms with van der Waals surface area (Å²) in [5.41, 5.74) is 2.58. The van der Waals surface area contributed by atoms with Crippen LogP contribution < -0.4 is 0 Å². The molecule has 148 valence electrons. The van der Waals surface area contributed by atoms with Gasteiger partial charge in [-0.1, -0.05) is 24.1 Å². The Labute approximate surface area is 165 Å². The molecule has 1 saturated heterocycles. The highest BCUT2D eigenvalue weighted by Gasteiger charge is 2.33. The minimum Gasteiger partial charge on any atom is -0.462 e. The molecule has 28 heavy (non-hydrogen) atoms. The summed E-state index contributed by atoms with van der Waals surface area (Å²) < 4.78 is 29.1. The fourth-order valence-electron chi connectivity index (χ4n) is 3.72. The topological polar surface area (TPSA) is 76.6 Å². The number of aromatic nitrogens is 1. The lowest BCUT2D eigenvalue weighted by Gasteiger charge is -2.26. The number of nitrogens with zero attached hydrogens (tertiary/aromatic N) is 2. The van der Waals surface area contributed by atoms with Crippen molar-refractivity contribution in [2.45, 2.75) is 32.9 Å². The Morgan fingerprint density at radius 2 is 2.14 bits per heavy atom. The number of ether oxygens (including phenoxy) is 1. The zero-order valence-corrected chi connectivity index (χ0v) is 17.0. The smallest absolute Gasteiger partial charge is 0.340 e. The number of rotatable bonds is 6. The van der Waals surface area contributed by atoms with Crippen molar-refractivity contribution in [3.8, 4) is 12.3 Å². The largest absolute Gasteiger partial charge is 0.462 e. The predicted octanol–water partition coefficient (Wildman–Crippen LogP) is 2.34. The molecular formula is C21H24N2O4S. The van der Waals surface area contributed by atoms with Crippen molar-refractivity contribution in [1.29, 1.82) is 0 Å². The van der Waals surface area contributed by atoms with Crippen LogP contribution in [0, 0.1) is 19.3 Å². The van der Waals surface area contributed by atoms with Crippen molar-refractivity contribution in [3.05, 3.63) is 41.1 Å². The Kier molecular flexibility index (Phi) is 6.01. The van der Waals surface area contributed by atoms with Crippen LogP contribution in [0.25, 0.3) is 10.9 Å². The average Bonchev–Trinajstić information content (AvgIpc) is 3.01. The quantitative estimate of drug-likeness (QED) is 0.547. The summed E-state index contributed by atoms with van der Waals surface area (Å²) in [6, 6.07) is 7.44. The van der Waals surface area contributed by atoms with Gasteiger partial charge in [-0.3, -0.25) is 9.88 Å². The predicted molar refractivity (Wildman–Crippen MR) is 109 cm³/mol. The van der Waals surface area contributed by atoms with Crippen LogP contribution in [0.1, 0.15) is 35.0 Å². The lowest BCUT2D eigenvalue weighted by atomic mass is 10.0. The van der Waals surface area contributed by atoms with Gasteiger partial charge in [0, 0.05) is 18.0 Å². The van der Waals surface area contributed by atoms with Gasteiger partial charge >= 0.3 is 5.97 Å². The fraction of sp³-hybridized carbons (Fsp3) is 0.429. The molecule has 2 heterocycles. The summed E-state index contributed by atoms with van der Waals surface area (Å²) in [4.78, 5) is 19.3. The van der Waals surface area contributed by atoms with Crippen molar-refractivity contribution in [2.75, 3.05) is 24.7 Å². The fourth-order valence-corrected chi connectivity index (χ4v) is 5.48. The van der Waals surface area contributed by atoms with Gasteiger partial charge in [-0.15, -0.1) is 6.42 Å². The molecular weight excluding hydrogens is 376 g/mol. The maximum atomic E-state index is 12.7. The Hall–Kier alpha value is -2.43. The number of hydrogen-bond acceptors (Lipinski definition) is 6. The monoisotopic (exact) mass is 400 g/mol. The van der Waals surface area contributed by atoms with Crippen molar-refractivity contribution in [3.63, 3.8) is 0 Å². The number of benzene rings is 1. The zero-order valence-electron chi connectivity index (χ0n) is 16.1. The average molecular weight is 401 g/mol. The molecule has 0 spiro atoms. The molecule has 2 aromatic rings. The number of terminal acetylenes is 1. The maximum absolute atomic E-state index is 12.7. The highest BCUT2D eigenvalue weighted by molar-refractivity contribution is 7.91. The van der Waals surface area contributed by atoms with E-state index in [0.717, 1.165) is 16.5 Å². The van der Waals surface area contributed by atoms with E-state index in [2.05, 4.69) is 5.92 Å². The molecule has 0 amide bonds. The first kappa shape index (κ1) is 20.3. The van der Waals surface area contributed by atoms with Crippen LogP contribution in [0.2, 0.25) is 0 Å². The Bertz CT molecular complexity index is 1040. The van der Waals surface area contributed by atoms with Crippen LogP contribution >= 0.6 is 0 Å². The lowest BCUT2D eigenvalue weighted by molar-refractivity contribution is 0.0522. The van der Waals surface area contributed by atoms with Crippen LogP contribution in [0.5, 0.6) is 0 Å². The Morgan fingerprint density at radius 1 is 1.39 bits per heavy atom. The van der Waals surface area contributed by atoms with Gasteiger partial charge in [0.1, 0.15) is 0 Å². The third kappa shape index (κ3) is 4.18. The zero-order chi connectivity index (χ0) is 20.3. The van der Waals surface area contributed by atoms with Gasteiger partial charge < -0.3 is 4.74 Å². The molecule has 7 heteroatoms. The van der Waals surface area contributed by atoms with Crippen LogP contribution in [0.15, 0.2) is 24.3 Å². The molecule has 0 N–H and O–H groups in total. The molecule has 0 saturated carbocycles. The first-order valence-electron chi connectivity index (χ1n) is 9.29. The molecule has 0 aliphatic carbocycles. The van der Waals surface area contributed by atoms with Crippen molar-refractivity contribution < 1.29 is 17.9 Å². The lowest BCUT2D eigenvalue weighted by Crippen LogP contribution is -2.37. The molecule has 1 aliphatic rings. The molecule has 1 aliphatic heterocycles. The molecule has 0 bridgehead atoms. The molecule has 1 unspecified atom stereocenters. The van der Waals surface area contributed by atoms with Crippen molar-refractivity contribution in [1.82, 2.24) is 9.88 Å². The third-order valence-corrected chi connectivity index (χ3v) is 6.83. The van der Waals surface area contributed by atoms with Gasteiger partial charge in [0.15, 0.2) is 9.84 Å². The number of carbonyl (C=O) groups is 1. The second-order valence-electron chi connectivity index (χ2n) is 6.96. The number of fused-ring (bicyclic) bond motifs is 1. The number of esters is 1. The second-order valence-corrected chi connectivity index (χ2v) is 9.19. The summed E-state index contributed by atoms with van der Waals surface area (Å²) >= 11 is 0. The van der Waals surface area contributed by atoms with Crippen molar-refractivity contribution >= 4 is 26.7 Å². The highest BCUT2D eigenvalue weighted by atomic mass is 32.2. The van der Waals surface area contributed by atoms with E-state index in [-0.39, 0.29) is 30.7 Å². The first-order chi connectivity index (χ1) is 13.4.